The van der Waals surface area contributed by atoms with E-state index in [1.807, 2.05) is 36.4 Å². The number of hydrogen-bond donors (Lipinski definition) is 2. The SMILES string of the molecule is CC(C)(C)OC(=O)n1cc([C@@H]2[C@@H](CO)OC(=O)C[C@@]23C(=O)Nc2ccc(I)cc23)c2ccccc21. The zero-order valence-corrected chi connectivity index (χ0v) is 21.7. The van der Waals surface area contributed by atoms with E-state index in [9.17, 15) is 19.5 Å². The summed E-state index contributed by atoms with van der Waals surface area (Å²) in [6, 6.07) is 12.9. The van der Waals surface area contributed by atoms with Gasteiger partial charge in [-0.05, 0) is 78.8 Å². The molecule has 0 radical (unpaired) electrons. The van der Waals surface area contributed by atoms with Gasteiger partial charge in [0.15, 0.2) is 0 Å². The third-order valence-corrected chi connectivity index (χ3v) is 7.24. The molecule has 9 heteroatoms. The maximum atomic E-state index is 13.7. The van der Waals surface area contributed by atoms with Gasteiger partial charge in [0, 0.05) is 26.8 Å². The van der Waals surface area contributed by atoms with E-state index in [0.29, 0.717) is 27.7 Å². The highest BCUT2D eigenvalue weighted by Gasteiger charge is 2.60. The monoisotopic (exact) mass is 588 g/mol. The van der Waals surface area contributed by atoms with Gasteiger partial charge in [-0.2, -0.15) is 0 Å². The summed E-state index contributed by atoms with van der Waals surface area (Å²) in [5, 5.41) is 13.9. The second-order valence-corrected chi connectivity index (χ2v) is 11.2. The summed E-state index contributed by atoms with van der Waals surface area (Å²) in [6.07, 6.45) is -0.0811. The first-order chi connectivity index (χ1) is 16.5. The number of halogens is 1. The minimum Gasteiger partial charge on any atom is -0.459 e. The molecule has 1 saturated heterocycles. The van der Waals surface area contributed by atoms with Crippen LogP contribution < -0.4 is 5.32 Å². The topological polar surface area (TPSA) is 107 Å². The molecule has 3 atom stereocenters. The van der Waals surface area contributed by atoms with Crippen LogP contribution in [0.3, 0.4) is 0 Å². The molecule has 1 spiro atoms. The zero-order valence-electron chi connectivity index (χ0n) is 19.5. The van der Waals surface area contributed by atoms with Crippen molar-refractivity contribution in [2.24, 2.45) is 0 Å². The fraction of sp³-hybridized carbons (Fsp3) is 0.346. The summed E-state index contributed by atoms with van der Waals surface area (Å²) < 4.78 is 13.5. The van der Waals surface area contributed by atoms with Gasteiger partial charge in [-0.1, -0.05) is 18.2 Å². The molecular formula is C26H25IN2O6. The number of amides is 1. The van der Waals surface area contributed by atoms with Gasteiger partial charge in [0.25, 0.3) is 0 Å². The van der Waals surface area contributed by atoms with Crippen LogP contribution in [-0.4, -0.2) is 46.0 Å². The molecule has 2 aromatic carbocycles. The highest BCUT2D eigenvalue weighted by Crippen LogP contribution is 2.55. The number of benzene rings is 2. The van der Waals surface area contributed by atoms with Gasteiger partial charge < -0.3 is 19.9 Å². The van der Waals surface area contributed by atoms with E-state index in [0.717, 1.165) is 3.57 Å². The van der Waals surface area contributed by atoms with Gasteiger partial charge in [-0.25, -0.2) is 4.79 Å². The molecule has 182 valence electrons. The van der Waals surface area contributed by atoms with E-state index < -0.39 is 41.7 Å². The summed E-state index contributed by atoms with van der Waals surface area (Å²) in [5.41, 5.74) is 0.522. The molecule has 35 heavy (non-hydrogen) atoms. The number of rotatable bonds is 2. The van der Waals surface area contributed by atoms with Gasteiger partial charge in [0.1, 0.15) is 11.7 Å². The summed E-state index contributed by atoms with van der Waals surface area (Å²) in [7, 11) is 0. The molecule has 3 heterocycles. The van der Waals surface area contributed by atoms with E-state index in [1.54, 1.807) is 33.0 Å². The summed E-state index contributed by atoms with van der Waals surface area (Å²) in [4.78, 5) is 39.5. The summed E-state index contributed by atoms with van der Waals surface area (Å²) >= 11 is 2.17. The number of cyclic esters (lactones) is 1. The van der Waals surface area contributed by atoms with Crippen LogP contribution in [0.4, 0.5) is 10.5 Å². The van der Waals surface area contributed by atoms with Gasteiger partial charge in [-0.15, -0.1) is 0 Å². The van der Waals surface area contributed by atoms with Crippen molar-refractivity contribution in [3.05, 3.63) is 63.4 Å². The van der Waals surface area contributed by atoms with Gasteiger partial charge in [0.2, 0.25) is 5.91 Å². The Morgan fingerprint density at radius 3 is 2.71 bits per heavy atom. The van der Waals surface area contributed by atoms with Crippen molar-refractivity contribution in [1.82, 2.24) is 4.57 Å². The number of anilines is 1. The number of esters is 1. The molecule has 3 aromatic rings. The number of nitrogens with zero attached hydrogens (tertiary/aromatic N) is 1. The first-order valence-corrected chi connectivity index (χ1v) is 12.4. The number of fused-ring (bicyclic) bond motifs is 3. The predicted octanol–water partition coefficient (Wildman–Crippen LogP) is 4.31. The van der Waals surface area contributed by atoms with E-state index in [-0.39, 0.29) is 12.3 Å². The number of hydrogen-bond acceptors (Lipinski definition) is 6. The van der Waals surface area contributed by atoms with Crippen LogP contribution in [0.15, 0.2) is 48.7 Å². The van der Waals surface area contributed by atoms with Crippen molar-refractivity contribution >= 4 is 57.2 Å². The maximum Gasteiger partial charge on any atom is 0.419 e. The molecule has 0 aliphatic carbocycles. The summed E-state index contributed by atoms with van der Waals surface area (Å²) in [5.74, 6) is -1.63. The lowest BCUT2D eigenvalue weighted by molar-refractivity contribution is -0.166. The number of aromatic nitrogens is 1. The van der Waals surface area contributed by atoms with E-state index in [1.165, 1.54) is 4.57 Å². The minimum atomic E-state index is -1.30. The summed E-state index contributed by atoms with van der Waals surface area (Å²) in [6.45, 7) is 4.89. The first-order valence-electron chi connectivity index (χ1n) is 11.3. The standard InChI is InChI=1S/C26H25IN2O6/c1-25(2,3)35-24(33)29-12-16(15-6-4-5-7-19(15)29)22-20(13-30)34-21(31)11-26(22)17-10-14(27)8-9-18(17)28-23(26)32/h4-10,12,20,22,30H,11,13H2,1-3H3,(H,28,32)/t20-,22-,26+/m1/s1. The second-order valence-electron chi connectivity index (χ2n) is 9.93. The lowest BCUT2D eigenvalue weighted by Gasteiger charge is -2.43. The number of carbonyl (C=O) groups is 3. The fourth-order valence-corrected chi connectivity index (χ4v) is 5.78. The number of carbonyl (C=O) groups excluding carboxylic acids is 3. The average molecular weight is 588 g/mol. The third kappa shape index (κ3) is 3.81. The van der Waals surface area contributed by atoms with Crippen LogP contribution >= 0.6 is 22.6 Å². The molecular weight excluding hydrogens is 563 g/mol. The van der Waals surface area contributed by atoms with Crippen molar-refractivity contribution < 1.29 is 29.0 Å². The molecule has 5 rings (SSSR count). The van der Waals surface area contributed by atoms with Crippen LogP contribution in [0.2, 0.25) is 0 Å². The van der Waals surface area contributed by atoms with E-state index >= 15 is 0 Å². The molecule has 1 aromatic heterocycles. The lowest BCUT2D eigenvalue weighted by atomic mass is 9.63. The Balaban J connectivity index is 1.77. The quantitative estimate of drug-likeness (QED) is 0.342. The van der Waals surface area contributed by atoms with Crippen molar-refractivity contribution in [2.75, 3.05) is 11.9 Å². The van der Waals surface area contributed by atoms with Gasteiger partial charge in [-0.3, -0.25) is 14.2 Å². The average Bonchev–Trinajstić information content (AvgIpc) is 3.29. The number of para-hydroxylation sites is 1. The van der Waals surface area contributed by atoms with Crippen LogP contribution in [0, 0.1) is 3.57 Å². The Morgan fingerprint density at radius 2 is 2.00 bits per heavy atom. The predicted molar refractivity (Wildman–Crippen MR) is 137 cm³/mol. The molecule has 1 fully saturated rings. The highest BCUT2D eigenvalue weighted by molar-refractivity contribution is 14.1. The maximum absolute atomic E-state index is 13.7. The molecule has 1 amide bonds. The number of aliphatic hydroxyl groups excluding tert-OH is 1. The first kappa shape index (κ1) is 23.8. The Labute approximate surface area is 215 Å². The van der Waals surface area contributed by atoms with Gasteiger partial charge >= 0.3 is 12.1 Å². The molecule has 2 N–H and O–H groups in total. The number of aliphatic hydroxyl groups is 1. The van der Waals surface area contributed by atoms with Crippen LogP contribution in [0.25, 0.3) is 10.9 Å². The fourth-order valence-electron chi connectivity index (χ4n) is 5.29. The second kappa shape index (κ2) is 8.34. The zero-order chi connectivity index (χ0) is 25.1. The van der Waals surface area contributed by atoms with Crippen molar-refractivity contribution in [3.63, 3.8) is 0 Å². The third-order valence-electron chi connectivity index (χ3n) is 6.57. The van der Waals surface area contributed by atoms with Crippen LogP contribution in [0.1, 0.15) is 44.2 Å². The van der Waals surface area contributed by atoms with Crippen LogP contribution in [0.5, 0.6) is 0 Å². The van der Waals surface area contributed by atoms with Crippen molar-refractivity contribution in [3.8, 4) is 0 Å². The Kier molecular flexibility index (Phi) is 5.67. The van der Waals surface area contributed by atoms with E-state index in [4.69, 9.17) is 9.47 Å². The van der Waals surface area contributed by atoms with Crippen LogP contribution in [-0.2, 0) is 24.5 Å². The molecule has 2 aliphatic rings. The number of nitrogens with one attached hydrogen (secondary N) is 1. The molecule has 0 bridgehead atoms. The number of ether oxygens (including phenoxy) is 2. The van der Waals surface area contributed by atoms with Crippen molar-refractivity contribution in [1.29, 1.82) is 0 Å². The Morgan fingerprint density at radius 1 is 1.26 bits per heavy atom. The minimum absolute atomic E-state index is 0.182. The van der Waals surface area contributed by atoms with Gasteiger partial charge in [0.05, 0.1) is 24.0 Å². The van der Waals surface area contributed by atoms with E-state index in [2.05, 4.69) is 27.9 Å². The van der Waals surface area contributed by atoms with Crippen molar-refractivity contribution in [2.45, 2.75) is 50.2 Å². The molecule has 8 nitrogen and oxygen atoms in total. The lowest BCUT2D eigenvalue weighted by Crippen LogP contribution is -2.53. The Hall–Kier alpha value is -2.92. The smallest absolute Gasteiger partial charge is 0.419 e. The molecule has 2 aliphatic heterocycles. The Bertz CT molecular complexity index is 1370. The largest absolute Gasteiger partial charge is 0.459 e. The molecule has 0 saturated carbocycles. The molecule has 0 unspecified atom stereocenters. The normalized spacial score (nSPS) is 23.8. The highest BCUT2D eigenvalue weighted by atomic mass is 127.